The fraction of sp³-hybridized carbons (Fsp3) is 0.875. The third-order valence-corrected chi connectivity index (χ3v) is 4.54. The normalized spacial score (nSPS) is 24.0. The van der Waals surface area contributed by atoms with Crippen LogP contribution in [0.25, 0.3) is 0 Å². The molecule has 5 nitrogen and oxygen atoms in total. The lowest BCUT2D eigenvalue weighted by Crippen LogP contribution is -2.38. The van der Waals surface area contributed by atoms with Crippen molar-refractivity contribution in [3.05, 3.63) is 0 Å². The van der Waals surface area contributed by atoms with Gasteiger partial charge in [0.25, 0.3) is 0 Å². The summed E-state index contributed by atoms with van der Waals surface area (Å²) in [5.74, 6) is -0.982. The van der Waals surface area contributed by atoms with Crippen molar-refractivity contribution in [2.75, 3.05) is 13.1 Å². The molecule has 1 saturated heterocycles. The highest BCUT2D eigenvalue weighted by Crippen LogP contribution is 2.32. The van der Waals surface area contributed by atoms with Gasteiger partial charge in [-0.1, -0.05) is 58.3 Å². The molecular formula is C16H30NO4+. The van der Waals surface area contributed by atoms with Crippen LogP contribution in [0.3, 0.4) is 0 Å². The SMILES string of the molecule is CCCCCCCCCCCC[N+]1(C(=O)O)CC1C(=O)O. The molecule has 0 aliphatic carbocycles. The molecule has 5 heteroatoms. The number of hydrogen-bond acceptors (Lipinski definition) is 2. The van der Waals surface area contributed by atoms with E-state index < -0.39 is 18.1 Å². The van der Waals surface area contributed by atoms with E-state index in [-0.39, 0.29) is 11.0 Å². The highest BCUT2D eigenvalue weighted by atomic mass is 16.4. The summed E-state index contributed by atoms with van der Waals surface area (Å²) >= 11 is 0. The van der Waals surface area contributed by atoms with Gasteiger partial charge in [0.15, 0.2) is 6.54 Å². The maximum atomic E-state index is 11.2. The summed E-state index contributed by atoms with van der Waals surface area (Å²) in [5, 5.41) is 18.1. The molecule has 0 saturated carbocycles. The largest absolute Gasteiger partial charge is 0.514 e. The van der Waals surface area contributed by atoms with Gasteiger partial charge < -0.3 is 10.2 Å². The number of aliphatic carboxylic acids is 1. The Morgan fingerprint density at radius 3 is 1.76 bits per heavy atom. The molecule has 1 fully saturated rings. The summed E-state index contributed by atoms with van der Waals surface area (Å²) in [6.07, 6.45) is 11.0. The lowest BCUT2D eigenvalue weighted by Gasteiger charge is -2.12. The number of carbonyl (C=O) groups is 2. The maximum Gasteiger partial charge on any atom is 0.514 e. The standard InChI is InChI=1S/C16H29NO4/c1-2-3-4-5-6-7-8-9-10-11-12-17(16(20)21)13-14(17)15(18)19/h14H,2-13H2,1H3,(H-,18,19,20,21)/p+1. The molecule has 0 radical (unpaired) electrons. The van der Waals surface area contributed by atoms with Crippen LogP contribution in [0.4, 0.5) is 4.79 Å². The van der Waals surface area contributed by atoms with E-state index in [9.17, 15) is 14.7 Å². The van der Waals surface area contributed by atoms with Gasteiger partial charge in [-0.15, -0.1) is 0 Å². The minimum Gasteiger partial charge on any atom is -0.477 e. The monoisotopic (exact) mass is 300 g/mol. The zero-order chi connectivity index (χ0) is 15.7. The predicted molar refractivity (Wildman–Crippen MR) is 81.3 cm³/mol. The second-order valence-corrected chi connectivity index (χ2v) is 6.26. The highest BCUT2D eigenvalue weighted by Gasteiger charge is 2.65. The molecule has 2 N–H and O–H groups in total. The van der Waals surface area contributed by atoms with Gasteiger partial charge in [0.2, 0.25) is 6.04 Å². The molecule has 1 aliphatic heterocycles. The van der Waals surface area contributed by atoms with E-state index in [2.05, 4.69) is 6.92 Å². The molecule has 1 heterocycles. The van der Waals surface area contributed by atoms with E-state index in [1.807, 2.05) is 0 Å². The van der Waals surface area contributed by atoms with E-state index >= 15 is 0 Å². The van der Waals surface area contributed by atoms with Crippen LogP contribution in [0.5, 0.6) is 0 Å². The summed E-state index contributed by atoms with van der Waals surface area (Å²) in [7, 11) is 0. The number of carboxylic acids is 1. The second kappa shape index (κ2) is 9.03. The molecule has 21 heavy (non-hydrogen) atoms. The Balaban J connectivity index is 2.01. The molecule has 122 valence electrons. The number of amides is 1. The summed E-state index contributed by atoms with van der Waals surface area (Å²) in [6.45, 7) is 2.93. The first-order valence-corrected chi connectivity index (χ1v) is 8.37. The summed E-state index contributed by atoms with van der Waals surface area (Å²) in [4.78, 5) is 22.1. The predicted octanol–water partition coefficient (Wildman–Crippen LogP) is 3.87. The Morgan fingerprint density at radius 2 is 1.38 bits per heavy atom. The molecule has 2 atom stereocenters. The van der Waals surface area contributed by atoms with Crippen molar-refractivity contribution in [3.63, 3.8) is 0 Å². The van der Waals surface area contributed by atoms with Gasteiger partial charge in [-0.3, -0.25) is 0 Å². The maximum absolute atomic E-state index is 11.2. The lowest BCUT2D eigenvalue weighted by molar-refractivity contribution is -0.732. The first-order valence-electron chi connectivity index (χ1n) is 8.37. The topological polar surface area (TPSA) is 74.6 Å². The van der Waals surface area contributed by atoms with Crippen LogP contribution in [0, 0.1) is 0 Å². The zero-order valence-corrected chi connectivity index (χ0v) is 13.2. The Bertz CT molecular complexity index is 345. The van der Waals surface area contributed by atoms with Gasteiger partial charge >= 0.3 is 12.1 Å². The number of rotatable bonds is 12. The summed E-state index contributed by atoms with van der Waals surface area (Å²) in [5.41, 5.74) is 0. The van der Waals surface area contributed by atoms with Crippen molar-refractivity contribution < 1.29 is 24.3 Å². The molecule has 1 rings (SSSR count). The van der Waals surface area contributed by atoms with Crippen LogP contribution in [-0.2, 0) is 4.79 Å². The zero-order valence-electron chi connectivity index (χ0n) is 13.2. The Kier molecular flexibility index (Phi) is 7.72. The van der Waals surface area contributed by atoms with Crippen molar-refractivity contribution in [1.29, 1.82) is 0 Å². The molecule has 1 amide bonds. The number of nitrogens with zero attached hydrogens (tertiary/aromatic N) is 1. The van der Waals surface area contributed by atoms with Crippen molar-refractivity contribution in [2.24, 2.45) is 0 Å². The molecule has 0 aromatic carbocycles. The van der Waals surface area contributed by atoms with Gasteiger partial charge in [0.05, 0.1) is 6.54 Å². The number of quaternary nitrogens is 1. The average molecular weight is 300 g/mol. The van der Waals surface area contributed by atoms with Gasteiger partial charge in [-0.2, -0.15) is 4.79 Å². The van der Waals surface area contributed by atoms with Crippen LogP contribution in [-0.4, -0.2) is 45.9 Å². The minimum absolute atomic E-state index is 0.252. The van der Waals surface area contributed by atoms with Crippen LogP contribution >= 0.6 is 0 Å². The quantitative estimate of drug-likeness (QED) is 0.326. The molecule has 0 aromatic heterocycles. The highest BCUT2D eigenvalue weighted by molar-refractivity contribution is 5.78. The first kappa shape index (κ1) is 18.0. The van der Waals surface area contributed by atoms with Crippen LogP contribution in [0.2, 0.25) is 0 Å². The smallest absolute Gasteiger partial charge is 0.477 e. The molecule has 2 unspecified atom stereocenters. The van der Waals surface area contributed by atoms with Crippen LogP contribution in [0.15, 0.2) is 0 Å². The fourth-order valence-corrected chi connectivity index (χ4v) is 2.99. The third kappa shape index (κ3) is 5.65. The fourth-order valence-electron chi connectivity index (χ4n) is 2.99. The molecule has 0 aromatic rings. The summed E-state index contributed by atoms with van der Waals surface area (Å²) in [6, 6.07) is -0.721. The van der Waals surface area contributed by atoms with Gasteiger partial charge in [0, 0.05) is 0 Å². The van der Waals surface area contributed by atoms with Crippen LogP contribution in [0.1, 0.15) is 71.1 Å². The van der Waals surface area contributed by atoms with E-state index in [1.165, 1.54) is 44.9 Å². The average Bonchev–Trinajstić information content (AvgIpc) is 3.17. The van der Waals surface area contributed by atoms with E-state index in [0.29, 0.717) is 6.54 Å². The van der Waals surface area contributed by atoms with E-state index in [1.54, 1.807) is 0 Å². The Hall–Kier alpha value is -1.10. The second-order valence-electron chi connectivity index (χ2n) is 6.26. The molecule has 0 spiro atoms. The van der Waals surface area contributed by atoms with Gasteiger partial charge in [0.1, 0.15) is 0 Å². The Morgan fingerprint density at radius 1 is 0.905 bits per heavy atom. The first-order chi connectivity index (χ1) is 10.0. The number of carboxylic acid groups (broad SMARTS) is 2. The number of hydrogen-bond donors (Lipinski definition) is 2. The number of unbranched alkanes of at least 4 members (excludes halogenated alkanes) is 9. The van der Waals surface area contributed by atoms with Crippen molar-refractivity contribution >= 4 is 12.1 Å². The van der Waals surface area contributed by atoms with Crippen molar-refractivity contribution in [3.8, 4) is 0 Å². The molecule has 0 bridgehead atoms. The van der Waals surface area contributed by atoms with Gasteiger partial charge in [-0.25, -0.2) is 9.28 Å². The summed E-state index contributed by atoms with van der Waals surface area (Å²) < 4.78 is -0.258. The lowest BCUT2D eigenvalue weighted by atomic mass is 10.1. The minimum atomic E-state index is -0.988. The third-order valence-electron chi connectivity index (χ3n) is 4.54. The van der Waals surface area contributed by atoms with E-state index in [0.717, 1.165) is 19.3 Å². The molecule has 1 aliphatic rings. The van der Waals surface area contributed by atoms with Gasteiger partial charge in [-0.05, 0) is 12.8 Å². The van der Waals surface area contributed by atoms with E-state index in [4.69, 9.17) is 5.11 Å². The van der Waals surface area contributed by atoms with Crippen molar-refractivity contribution in [1.82, 2.24) is 0 Å². The van der Waals surface area contributed by atoms with Crippen molar-refractivity contribution in [2.45, 2.75) is 77.2 Å². The Labute approximate surface area is 127 Å². The van der Waals surface area contributed by atoms with Crippen LogP contribution < -0.4 is 0 Å². The molecular weight excluding hydrogens is 270 g/mol.